The van der Waals surface area contributed by atoms with E-state index in [1.807, 2.05) is 30.3 Å². The van der Waals surface area contributed by atoms with Crippen LogP contribution in [0.1, 0.15) is 0 Å². The fourth-order valence-electron chi connectivity index (χ4n) is 2.26. The van der Waals surface area contributed by atoms with Crippen molar-refractivity contribution >= 4 is 23.3 Å². The predicted molar refractivity (Wildman–Crippen MR) is 101 cm³/mol. The molecule has 2 N–H and O–H groups in total. The van der Waals surface area contributed by atoms with Crippen LogP contribution in [-0.2, 0) is 0 Å². The number of nitrogens with zero attached hydrogens (tertiary/aromatic N) is 2. The highest BCUT2D eigenvalue weighted by Crippen LogP contribution is 2.24. The molecule has 27 heavy (non-hydrogen) atoms. The second kappa shape index (κ2) is 8.95. The van der Waals surface area contributed by atoms with E-state index in [2.05, 4.69) is 20.8 Å². The minimum Gasteiger partial charge on any atom is -0.475 e. The van der Waals surface area contributed by atoms with Crippen molar-refractivity contribution in [3.05, 3.63) is 71.5 Å². The zero-order valence-electron chi connectivity index (χ0n) is 14.2. The third-order valence-corrected chi connectivity index (χ3v) is 3.86. The number of ether oxygens (including phenoxy) is 1. The quantitative estimate of drug-likeness (QED) is 0.624. The van der Waals surface area contributed by atoms with Gasteiger partial charge in [0.25, 0.3) is 0 Å². The van der Waals surface area contributed by atoms with E-state index in [9.17, 15) is 9.18 Å². The van der Waals surface area contributed by atoms with E-state index >= 15 is 0 Å². The Balaban J connectivity index is 1.44. The molecule has 0 saturated heterocycles. The van der Waals surface area contributed by atoms with Gasteiger partial charge >= 0.3 is 6.03 Å². The van der Waals surface area contributed by atoms with E-state index in [0.29, 0.717) is 5.88 Å². The third-order valence-electron chi connectivity index (χ3n) is 3.55. The molecule has 1 heterocycles. The molecule has 0 aliphatic carbocycles. The predicted octanol–water partition coefficient (Wildman–Crippen LogP) is 4.14. The van der Waals surface area contributed by atoms with Gasteiger partial charge < -0.3 is 15.4 Å². The number of anilines is 1. The number of rotatable bonds is 6. The Morgan fingerprint density at radius 2 is 1.85 bits per heavy atom. The molecule has 2 aromatic carbocycles. The van der Waals surface area contributed by atoms with Gasteiger partial charge in [-0.1, -0.05) is 48.0 Å². The lowest BCUT2D eigenvalue weighted by Crippen LogP contribution is -2.32. The Morgan fingerprint density at radius 1 is 1.04 bits per heavy atom. The van der Waals surface area contributed by atoms with E-state index in [4.69, 9.17) is 16.3 Å². The minimum absolute atomic E-state index is 0.0695. The van der Waals surface area contributed by atoms with Crippen molar-refractivity contribution in [3.63, 3.8) is 0 Å². The van der Waals surface area contributed by atoms with E-state index in [-0.39, 0.29) is 23.9 Å². The van der Waals surface area contributed by atoms with Gasteiger partial charge in [0.15, 0.2) is 0 Å². The van der Waals surface area contributed by atoms with Crippen molar-refractivity contribution in [2.75, 3.05) is 18.5 Å². The number of carbonyl (C=O) groups excluding carboxylic acids is 1. The lowest BCUT2D eigenvalue weighted by molar-refractivity contribution is 0.246. The molecule has 0 aliphatic rings. The number of aromatic nitrogens is 2. The third kappa shape index (κ3) is 5.15. The summed E-state index contributed by atoms with van der Waals surface area (Å²) in [6.07, 6.45) is 0. The maximum Gasteiger partial charge on any atom is 0.319 e. The number of para-hydroxylation sites is 1. The highest BCUT2D eigenvalue weighted by molar-refractivity contribution is 6.33. The average molecular weight is 387 g/mol. The Labute approximate surface area is 160 Å². The van der Waals surface area contributed by atoms with Gasteiger partial charge in [-0.25, -0.2) is 9.18 Å². The summed E-state index contributed by atoms with van der Waals surface area (Å²) in [6.45, 7) is 0.373. The van der Waals surface area contributed by atoms with Crippen LogP contribution in [0.4, 0.5) is 14.9 Å². The number of hydrogen-bond acceptors (Lipinski definition) is 4. The average Bonchev–Trinajstić information content (AvgIpc) is 2.69. The van der Waals surface area contributed by atoms with E-state index in [1.165, 1.54) is 18.2 Å². The normalized spacial score (nSPS) is 10.3. The van der Waals surface area contributed by atoms with Crippen LogP contribution in [0.5, 0.6) is 5.88 Å². The molecule has 8 heteroatoms. The van der Waals surface area contributed by atoms with Crippen molar-refractivity contribution < 1.29 is 13.9 Å². The number of amides is 2. The molecule has 0 atom stereocenters. The molecule has 3 aromatic rings. The van der Waals surface area contributed by atoms with Gasteiger partial charge in [0.1, 0.15) is 12.4 Å². The van der Waals surface area contributed by atoms with E-state index in [1.54, 1.807) is 12.1 Å². The molecule has 0 aliphatic heterocycles. The van der Waals surface area contributed by atoms with Gasteiger partial charge in [0, 0.05) is 11.6 Å². The molecular weight excluding hydrogens is 371 g/mol. The maximum absolute atomic E-state index is 13.6. The fourth-order valence-corrected chi connectivity index (χ4v) is 2.47. The molecular formula is C19H16ClFN4O2. The molecule has 0 unspecified atom stereocenters. The molecule has 0 bridgehead atoms. The maximum atomic E-state index is 13.6. The second-order valence-corrected chi connectivity index (χ2v) is 5.86. The Hall–Kier alpha value is -3.19. The molecule has 0 fully saturated rings. The Kier molecular flexibility index (Phi) is 6.17. The van der Waals surface area contributed by atoms with Crippen molar-refractivity contribution in [2.45, 2.75) is 0 Å². The van der Waals surface area contributed by atoms with Crippen LogP contribution in [0.15, 0.2) is 60.7 Å². The molecule has 138 valence electrons. The summed E-state index contributed by atoms with van der Waals surface area (Å²) in [4.78, 5) is 11.8. The first-order chi connectivity index (χ1) is 13.1. The lowest BCUT2D eigenvalue weighted by Gasteiger charge is -2.10. The van der Waals surface area contributed by atoms with Gasteiger partial charge in [0.05, 0.1) is 22.9 Å². The van der Waals surface area contributed by atoms with Crippen LogP contribution in [0, 0.1) is 5.82 Å². The van der Waals surface area contributed by atoms with Gasteiger partial charge in [0.2, 0.25) is 5.88 Å². The van der Waals surface area contributed by atoms with Crippen LogP contribution in [-0.4, -0.2) is 29.4 Å². The van der Waals surface area contributed by atoms with Crippen LogP contribution in [0.3, 0.4) is 0 Å². The number of urea groups is 1. The van der Waals surface area contributed by atoms with Gasteiger partial charge in [-0.15, -0.1) is 10.2 Å². The smallest absolute Gasteiger partial charge is 0.319 e. The second-order valence-electron chi connectivity index (χ2n) is 5.45. The molecule has 3 rings (SSSR count). The van der Waals surface area contributed by atoms with Crippen LogP contribution < -0.4 is 15.4 Å². The largest absolute Gasteiger partial charge is 0.475 e. The SMILES string of the molecule is O=C(NCCOc1ccc(-c2ccccc2)nn1)Nc1c(F)cccc1Cl. The lowest BCUT2D eigenvalue weighted by atomic mass is 10.1. The van der Waals surface area contributed by atoms with Gasteiger partial charge in [-0.2, -0.15) is 0 Å². The fraction of sp³-hybridized carbons (Fsp3) is 0.105. The minimum atomic E-state index is -0.609. The summed E-state index contributed by atoms with van der Waals surface area (Å²) < 4.78 is 19.0. The number of halogens is 2. The van der Waals surface area contributed by atoms with Crippen LogP contribution in [0.2, 0.25) is 5.02 Å². The monoisotopic (exact) mass is 386 g/mol. The highest BCUT2D eigenvalue weighted by atomic mass is 35.5. The summed E-state index contributed by atoms with van der Waals surface area (Å²) in [5.41, 5.74) is 1.63. The Morgan fingerprint density at radius 3 is 2.56 bits per heavy atom. The molecule has 0 radical (unpaired) electrons. The zero-order chi connectivity index (χ0) is 19.1. The van der Waals surface area contributed by atoms with E-state index in [0.717, 1.165) is 11.3 Å². The number of nitrogens with one attached hydrogen (secondary N) is 2. The summed E-state index contributed by atoms with van der Waals surface area (Å²) in [6, 6.07) is 16.7. The summed E-state index contributed by atoms with van der Waals surface area (Å²) in [5, 5.41) is 13.1. The van der Waals surface area contributed by atoms with Crippen molar-refractivity contribution in [1.29, 1.82) is 0 Å². The number of hydrogen-bond donors (Lipinski definition) is 2. The van der Waals surface area contributed by atoms with Gasteiger partial charge in [-0.05, 0) is 18.2 Å². The Bertz CT molecular complexity index is 887. The summed E-state index contributed by atoms with van der Waals surface area (Å²) in [5.74, 6) is -0.267. The first-order valence-electron chi connectivity index (χ1n) is 8.14. The van der Waals surface area contributed by atoms with Crippen molar-refractivity contribution in [1.82, 2.24) is 15.5 Å². The van der Waals surface area contributed by atoms with E-state index < -0.39 is 11.8 Å². The standard InChI is InChI=1S/C19H16ClFN4O2/c20-14-7-4-8-15(21)18(14)23-19(26)22-11-12-27-17-10-9-16(24-25-17)13-5-2-1-3-6-13/h1-10H,11-12H2,(H2,22,23,26). The number of benzene rings is 2. The topological polar surface area (TPSA) is 76.1 Å². The zero-order valence-corrected chi connectivity index (χ0v) is 14.9. The van der Waals surface area contributed by atoms with Gasteiger partial charge in [-0.3, -0.25) is 0 Å². The van der Waals surface area contributed by atoms with Crippen LogP contribution in [0.25, 0.3) is 11.3 Å². The number of carbonyl (C=O) groups is 1. The molecule has 1 aromatic heterocycles. The highest BCUT2D eigenvalue weighted by Gasteiger charge is 2.10. The van der Waals surface area contributed by atoms with Crippen molar-refractivity contribution in [3.8, 4) is 17.1 Å². The molecule has 0 spiro atoms. The van der Waals surface area contributed by atoms with Crippen LogP contribution >= 0.6 is 11.6 Å². The summed E-state index contributed by atoms with van der Waals surface area (Å²) in [7, 11) is 0. The molecule has 0 saturated carbocycles. The first kappa shape index (κ1) is 18.6. The molecule has 6 nitrogen and oxygen atoms in total. The molecule has 2 amide bonds. The first-order valence-corrected chi connectivity index (χ1v) is 8.52. The summed E-state index contributed by atoms with van der Waals surface area (Å²) >= 11 is 5.85. The van der Waals surface area contributed by atoms with Crippen molar-refractivity contribution in [2.24, 2.45) is 0 Å².